The zero-order chi connectivity index (χ0) is 23.3. The summed E-state index contributed by atoms with van der Waals surface area (Å²) < 4.78 is 5.99. The van der Waals surface area contributed by atoms with Crippen molar-refractivity contribution in [3.8, 4) is 11.6 Å². The summed E-state index contributed by atoms with van der Waals surface area (Å²) in [7, 11) is 0. The molecule has 10 heteroatoms. The minimum Gasteiger partial charge on any atom is -0.439 e. The highest BCUT2D eigenvalue weighted by Gasteiger charge is 2.26. The van der Waals surface area contributed by atoms with E-state index in [-0.39, 0.29) is 0 Å². The number of amides is 2. The van der Waals surface area contributed by atoms with Gasteiger partial charge in [-0.15, -0.1) is 0 Å². The summed E-state index contributed by atoms with van der Waals surface area (Å²) in [5, 5.41) is 1.88. The van der Waals surface area contributed by atoms with E-state index in [1.165, 1.54) is 0 Å². The van der Waals surface area contributed by atoms with Crippen LogP contribution >= 0.6 is 11.8 Å². The maximum atomic E-state index is 12.1. The van der Waals surface area contributed by atoms with Crippen molar-refractivity contribution in [2.75, 3.05) is 36.0 Å². The number of nitrogens with one attached hydrogen (secondary N) is 1. The van der Waals surface area contributed by atoms with E-state index in [0.717, 1.165) is 50.0 Å². The quantitative estimate of drug-likeness (QED) is 0.555. The molecule has 2 fully saturated rings. The van der Waals surface area contributed by atoms with E-state index in [4.69, 9.17) is 4.74 Å². The number of nitrogens with zero attached hydrogens (tertiary/aromatic N) is 5. The van der Waals surface area contributed by atoms with Gasteiger partial charge in [-0.1, -0.05) is 18.2 Å². The molecule has 5 rings (SSSR count). The van der Waals surface area contributed by atoms with Crippen LogP contribution in [-0.2, 0) is 4.79 Å². The van der Waals surface area contributed by atoms with Gasteiger partial charge in [0, 0.05) is 50.3 Å². The van der Waals surface area contributed by atoms with Crippen LogP contribution in [0.4, 0.5) is 16.4 Å². The first kappa shape index (κ1) is 21.9. The van der Waals surface area contributed by atoms with Gasteiger partial charge in [0.15, 0.2) is 0 Å². The van der Waals surface area contributed by atoms with Crippen LogP contribution in [0.5, 0.6) is 11.6 Å². The average Bonchev–Trinajstić information content (AvgIpc) is 3.02. The zero-order valence-corrected chi connectivity index (χ0v) is 19.1. The molecule has 4 heterocycles. The number of ether oxygens (including phenoxy) is 1. The van der Waals surface area contributed by atoms with Gasteiger partial charge in [-0.2, -0.15) is 4.98 Å². The number of benzene rings is 1. The number of hydrogen-bond donors (Lipinski definition) is 1. The highest BCUT2D eigenvalue weighted by atomic mass is 32.2. The normalized spacial score (nSPS) is 17.6. The van der Waals surface area contributed by atoms with E-state index in [9.17, 15) is 9.59 Å². The van der Waals surface area contributed by atoms with E-state index in [0.29, 0.717) is 28.2 Å². The van der Waals surface area contributed by atoms with Crippen LogP contribution in [0.2, 0.25) is 0 Å². The monoisotopic (exact) mass is 474 g/mol. The number of imide groups is 1. The lowest BCUT2D eigenvalue weighted by Crippen LogP contribution is -2.31. The van der Waals surface area contributed by atoms with Gasteiger partial charge in [0.1, 0.15) is 5.75 Å². The first-order valence-corrected chi connectivity index (χ1v) is 11.7. The summed E-state index contributed by atoms with van der Waals surface area (Å²) in [4.78, 5) is 41.8. The second kappa shape index (κ2) is 9.92. The second-order valence-electron chi connectivity index (χ2n) is 7.73. The van der Waals surface area contributed by atoms with Gasteiger partial charge in [0.05, 0.1) is 10.6 Å². The molecule has 9 nitrogen and oxygen atoms in total. The standard InChI is InChI=1S/C24H22N6O3S/c31-22-20(34-24(32)28-22)15-17-16-21(33-19-5-2-1-3-6-19)27-23(26-17)30-12-4-11-29(13-14-30)18-7-9-25-10-8-18/h1-3,5-10,15-16H,4,11-14H2,(H,28,31,32)/b20-15-. The summed E-state index contributed by atoms with van der Waals surface area (Å²) in [6.07, 6.45) is 6.12. The maximum absolute atomic E-state index is 12.1. The third-order valence-electron chi connectivity index (χ3n) is 5.40. The molecule has 172 valence electrons. The van der Waals surface area contributed by atoms with Crippen LogP contribution in [0.25, 0.3) is 6.08 Å². The summed E-state index contributed by atoms with van der Waals surface area (Å²) in [5.74, 6) is 1.11. The van der Waals surface area contributed by atoms with Crippen LogP contribution in [0.15, 0.2) is 65.8 Å². The molecule has 1 N–H and O–H groups in total. The number of pyridine rings is 1. The van der Waals surface area contributed by atoms with Gasteiger partial charge in [0.2, 0.25) is 11.8 Å². The molecule has 0 atom stereocenters. The number of hydrogen-bond acceptors (Lipinski definition) is 9. The molecule has 2 aromatic heterocycles. The Kier molecular flexibility index (Phi) is 6.39. The number of carbonyl (C=O) groups excluding carboxylic acids is 2. The van der Waals surface area contributed by atoms with Crippen molar-refractivity contribution in [2.24, 2.45) is 0 Å². The molecular formula is C24H22N6O3S. The number of para-hydroxylation sites is 1. The molecule has 2 aliphatic rings. The molecule has 2 aliphatic heterocycles. The van der Waals surface area contributed by atoms with Crippen LogP contribution in [-0.4, -0.2) is 52.3 Å². The average molecular weight is 475 g/mol. The van der Waals surface area contributed by atoms with Crippen molar-refractivity contribution < 1.29 is 14.3 Å². The number of rotatable bonds is 5. The number of thioether (sulfide) groups is 1. The molecule has 34 heavy (non-hydrogen) atoms. The topological polar surface area (TPSA) is 101 Å². The molecule has 3 aromatic rings. The lowest BCUT2D eigenvalue weighted by molar-refractivity contribution is -0.115. The van der Waals surface area contributed by atoms with Crippen molar-refractivity contribution in [3.63, 3.8) is 0 Å². The smallest absolute Gasteiger partial charge is 0.290 e. The van der Waals surface area contributed by atoms with Crippen molar-refractivity contribution in [2.45, 2.75) is 6.42 Å². The van der Waals surface area contributed by atoms with E-state index >= 15 is 0 Å². The Morgan fingerprint density at radius 2 is 1.71 bits per heavy atom. The van der Waals surface area contributed by atoms with Crippen LogP contribution in [0.1, 0.15) is 12.1 Å². The van der Waals surface area contributed by atoms with Crippen LogP contribution < -0.4 is 19.9 Å². The molecule has 2 saturated heterocycles. The summed E-state index contributed by atoms with van der Waals surface area (Å²) in [6.45, 7) is 3.22. The Labute approximate surface area is 200 Å². The Morgan fingerprint density at radius 3 is 2.47 bits per heavy atom. The SMILES string of the molecule is O=C1NC(=O)/C(=C/c2cc(Oc3ccccc3)nc(N3CCCN(c4ccncc4)CC3)n2)S1. The van der Waals surface area contributed by atoms with Crippen molar-refractivity contribution in [3.05, 3.63) is 71.5 Å². The van der Waals surface area contributed by atoms with Gasteiger partial charge in [-0.3, -0.25) is 19.9 Å². The number of anilines is 2. The van der Waals surface area contributed by atoms with Gasteiger partial charge < -0.3 is 14.5 Å². The largest absolute Gasteiger partial charge is 0.439 e. The molecule has 2 amide bonds. The van der Waals surface area contributed by atoms with Crippen molar-refractivity contribution in [1.29, 1.82) is 0 Å². The lowest BCUT2D eigenvalue weighted by Gasteiger charge is -2.23. The summed E-state index contributed by atoms with van der Waals surface area (Å²) in [6, 6.07) is 15.1. The fourth-order valence-corrected chi connectivity index (χ4v) is 4.46. The summed E-state index contributed by atoms with van der Waals surface area (Å²) >= 11 is 0.856. The van der Waals surface area contributed by atoms with Gasteiger partial charge in [-0.05, 0) is 48.5 Å². The molecule has 0 radical (unpaired) electrons. The molecule has 1 aromatic carbocycles. The Balaban J connectivity index is 1.43. The van der Waals surface area contributed by atoms with E-state index < -0.39 is 11.1 Å². The fourth-order valence-electron chi connectivity index (χ4n) is 3.79. The first-order chi connectivity index (χ1) is 16.6. The minimum absolute atomic E-state index is 0.292. The zero-order valence-electron chi connectivity index (χ0n) is 18.3. The molecule has 0 unspecified atom stereocenters. The highest BCUT2D eigenvalue weighted by molar-refractivity contribution is 8.18. The van der Waals surface area contributed by atoms with E-state index in [2.05, 4.69) is 30.1 Å². The maximum Gasteiger partial charge on any atom is 0.290 e. The fraction of sp³-hybridized carbons (Fsp3) is 0.208. The van der Waals surface area contributed by atoms with Crippen molar-refractivity contribution >= 4 is 40.6 Å². The third-order valence-corrected chi connectivity index (χ3v) is 6.21. The van der Waals surface area contributed by atoms with Gasteiger partial charge in [0.25, 0.3) is 11.1 Å². The van der Waals surface area contributed by atoms with E-state index in [1.54, 1.807) is 24.5 Å². The minimum atomic E-state index is -0.427. The first-order valence-electron chi connectivity index (χ1n) is 10.9. The predicted molar refractivity (Wildman–Crippen MR) is 131 cm³/mol. The van der Waals surface area contributed by atoms with E-state index in [1.807, 2.05) is 42.5 Å². The highest BCUT2D eigenvalue weighted by Crippen LogP contribution is 2.28. The van der Waals surface area contributed by atoms with Crippen LogP contribution in [0.3, 0.4) is 0 Å². The molecular weight excluding hydrogens is 452 g/mol. The molecule has 0 saturated carbocycles. The van der Waals surface area contributed by atoms with Gasteiger partial charge in [-0.25, -0.2) is 4.98 Å². The molecule has 0 aliphatic carbocycles. The predicted octanol–water partition coefficient (Wildman–Crippen LogP) is 3.70. The Hall–Kier alpha value is -3.92. The van der Waals surface area contributed by atoms with Gasteiger partial charge >= 0.3 is 0 Å². The van der Waals surface area contributed by atoms with Crippen molar-refractivity contribution in [1.82, 2.24) is 20.3 Å². The third kappa shape index (κ3) is 5.18. The van der Waals surface area contributed by atoms with Crippen LogP contribution in [0, 0.1) is 0 Å². The second-order valence-corrected chi connectivity index (χ2v) is 8.75. The lowest BCUT2D eigenvalue weighted by atomic mass is 10.3. The summed E-state index contributed by atoms with van der Waals surface area (Å²) in [5.41, 5.74) is 1.64. The Morgan fingerprint density at radius 1 is 0.941 bits per heavy atom. The molecule has 0 bridgehead atoms. The number of aromatic nitrogens is 3. The Bertz CT molecular complexity index is 1220. The number of carbonyl (C=O) groups is 2. The molecule has 0 spiro atoms.